The maximum Gasteiger partial charge on any atom is 0.416 e. The summed E-state index contributed by atoms with van der Waals surface area (Å²) in [7, 11) is 0. The van der Waals surface area contributed by atoms with Gasteiger partial charge in [-0.1, -0.05) is 11.6 Å². The van der Waals surface area contributed by atoms with E-state index in [0.717, 1.165) is 37.6 Å². The molecule has 0 bridgehead atoms. The van der Waals surface area contributed by atoms with Crippen molar-refractivity contribution in [1.82, 2.24) is 24.3 Å². The normalized spacial score (nSPS) is 18.6. The number of anilines is 2. The Labute approximate surface area is 249 Å². The zero-order valence-corrected chi connectivity index (χ0v) is 23.7. The van der Waals surface area contributed by atoms with Crippen molar-refractivity contribution in [1.29, 1.82) is 0 Å². The van der Waals surface area contributed by atoms with Crippen molar-refractivity contribution in [3.63, 3.8) is 0 Å². The summed E-state index contributed by atoms with van der Waals surface area (Å²) in [5, 5.41) is 2.71. The van der Waals surface area contributed by atoms with Crippen molar-refractivity contribution in [2.75, 3.05) is 24.2 Å². The van der Waals surface area contributed by atoms with E-state index in [1.807, 2.05) is 4.90 Å². The fourth-order valence-corrected chi connectivity index (χ4v) is 6.09. The van der Waals surface area contributed by atoms with Crippen LogP contribution < -0.4 is 15.8 Å². The fourth-order valence-electron chi connectivity index (χ4n) is 5.87. The number of amides is 2. The highest BCUT2D eigenvalue weighted by atomic mass is 35.5. The average molecular weight is 614 g/mol. The highest BCUT2D eigenvalue weighted by molar-refractivity contribution is 6.30. The third-order valence-corrected chi connectivity index (χ3v) is 8.15. The largest absolute Gasteiger partial charge is 0.493 e. The van der Waals surface area contributed by atoms with Gasteiger partial charge in [-0.3, -0.25) is 14.0 Å². The molecule has 6 rings (SSSR count). The third kappa shape index (κ3) is 5.33. The highest BCUT2D eigenvalue weighted by Gasteiger charge is 2.39. The number of rotatable bonds is 6. The van der Waals surface area contributed by atoms with Gasteiger partial charge in [-0.05, 0) is 56.5 Å². The second kappa shape index (κ2) is 11.0. The molecule has 2 unspecified atom stereocenters. The smallest absolute Gasteiger partial charge is 0.416 e. The van der Waals surface area contributed by atoms with Gasteiger partial charge >= 0.3 is 6.18 Å². The summed E-state index contributed by atoms with van der Waals surface area (Å²) in [5.41, 5.74) is 6.97. The molecule has 0 radical (unpaired) electrons. The standard InChI is InChI=1S/C29H27ClF3N7O3/c1-2-43-20-11-15(28(42)37-22-12-17(9-10-35-22)29(31,32)33)4-7-19(20)24-25-26(34)36-13-21(30)40(25)27(38-24)16-3-5-18-6-8-23(41)39(18)14-16/h4,7,9-13,16,18H,2-3,5-6,8,14H2,1H3,(H2,34,36)(H,35,37,42). The van der Waals surface area contributed by atoms with Crippen LogP contribution in [0.4, 0.5) is 24.8 Å². The number of nitrogens with zero attached hydrogens (tertiary/aromatic N) is 5. The number of pyridine rings is 1. The van der Waals surface area contributed by atoms with Gasteiger partial charge < -0.3 is 20.7 Å². The molecule has 43 heavy (non-hydrogen) atoms. The van der Waals surface area contributed by atoms with E-state index in [1.165, 1.54) is 18.3 Å². The Balaban J connectivity index is 1.38. The number of hydrogen-bond donors (Lipinski definition) is 2. The first kappa shape index (κ1) is 28.7. The Hall–Kier alpha value is -4.39. The minimum Gasteiger partial charge on any atom is -0.493 e. The molecule has 5 heterocycles. The van der Waals surface area contributed by atoms with Crippen molar-refractivity contribution < 1.29 is 27.5 Å². The van der Waals surface area contributed by atoms with E-state index in [4.69, 9.17) is 27.1 Å². The quantitative estimate of drug-likeness (QED) is 0.291. The number of nitrogens with two attached hydrogens (primary N) is 1. The first-order valence-electron chi connectivity index (χ1n) is 13.8. The van der Waals surface area contributed by atoms with Gasteiger partial charge in [-0.25, -0.2) is 15.0 Å². The maximum atomic E-state index is 13.1. The van der Waals surface area contributed by atoms with Crippen LogP contribution in [-0.4, -0.2) is 55.3 Å². The number of imidazole rings is 1. The number of fused-ring (bicyclic) bond motifs is 2. The van der Waals surface area contributed by atoms with Gasteiger partial charge in [0.1, 0.15) is 39.6 Å². The summed E-state index contributed by atoms with van der Waals surface area (Å²) in [5.74, 6) is 0.246. The first-order valence-corrected chi connectivity index (χ1v) is 14.2. The number of piperidine rings is 1. The summed E-state index contributed by atoms with van der Waals surface area (Å²) in [6.45, 7) is 2.54. The van der Waals surface area contributed by atoms with E-state index < -0.39 is 17.6 Å². The van der Waals surface area contributed by atoms with E-state index in [0.29, 0.717) is 46.5 Å². The molecule has 3 aromatic heterocycles. The van der Waals surface area contributed by atoms with Crippen molar-refractivity contribution in [3.05, 3.63) is 64.8 Å². The lowest BCUT2D eigenvalue weighted by Crippen LogP contribution is -2.41. The Kier molecular flexibility index (Phi) is 7.36. The maximum absolute atomic E-state index is 13.1. The zero-order valence-electron chi connectivity index (χ0n) is 23.0. The van der Waals surface area contributed by atoms with Crippen molar-refractivity contribution in [2.24, 2.45) is 0 Å². The van der Waals surface area contributed by atoms with E-state index >= 15 is 0 Å². The lowest BCUT2D eigenvalue weighted by molar-refractivity contribution is -0.137. The lowest BCUT2D eigenvalue weighted by atomic mass is 9.92. The Morgan fingerprint density at radius 1 is 1.19 bits per heavy atom. The lowest BCUT2D eigenvalue weighted by Gasteiger charge is -2.34. The van der Waals surface area contributed by atoms with Crippen molar-refractivity contribution in [3.8, 4) is 17.0 Å². The van der Waals surface area contributed by atoms with E-state index in [9.17, 15) is 22.8 Å². The molecule has 14 heteroatoms. The molecule has 2 atom stereocenters. The average Bonchev–Trinajstić information content (AvgIpc) is 3.56. The van der Waals surface area contributed by atoms with Crippen LogP contribution in [0.25, 0.3) is 16.8 Å². The fraction of sp³-hybridized carbons (Fsp3) is 0.345. The van der Waals surface area contributed by atoms with E-state index in [-0.39, 0.29) is 41.7 Å². The van der Waals surface area contributed by atoms with E-state index in [1.54, 1.807) is 17.4 Å². The molecule has 10 nitrogen and oxygen atoms in total. The third-order valence-electron chi connectivity index (χ3n) is 7.88. The Morgan fingerprint density at radius 2 is 2.00 bits per heavy atom. The second-order valence-electron chi connectivity index (χ2n) is 10.5. The molecular weight excluding hydrogens is 587 g/mol. The number of benzene rings is 1. The van der Waals surface area contributed by atoms with Crippen LogP contribution in [0, 0.1) is 0 Å². The summed E-state index contributed by atoms with van der Waals surface area (Å²) in [6, 6.07) is 6.45. The van der Waals surface area contributed by atoms with Gasteiger partial charge in [-0.15, -0.1) is 0 Å². The molecule has 0 saturated carbocycles. The first-order chi connectivity index (χ1) is 20.5. The molecule has 224 valence electrons. The number of halogens is 4. The number of nitrogen functional groups attached to an aromatic ring is 1. The van der Waals surface area contributed by atoms with E-state index in [2.05, 4.69) is 15.3 Å². The minimum atomic E-state index is -4.58. The summed E-state index contributed by atoms with van der Waals surface area (Å²) >= 11 is 6.64. The molecule has 2 aliphatic heterocycles. The van der Waals surface area contributed by atoms with Gasteiger partial charge in [0.05, 0.1) is 18.4 Å². The monoisotopic (exact) mass is 613 g/mol. The predicted octanol–water partition coefficient (Wildman–Crippen LogP) is 5.57. The van der Waals surface area contributed by atoms with Crippen LogP contribution in [-0.2, 0) is 11.0 Å². The number of hydrogen-bond acceptors (Lipinski definition) is 7. The number of carbonyl (C=O) groups is 2. The summed E-state index contributed by atoms with van der Waals surface area (Å²) in [4.78, 5) is 40.5. The van der Waals surface area contributed by atoms with Crippen molar-refractivity contribution >= 4 is 40.6 Å². The Morgan fingerprint density at radius 3 is 2.77 bits per heavy atom. The van der Waals surface area contributed by atoms with Crippen molar-refractivity contribution in [2.45, 2.75) is 50.7 Å². The number of ether oxygens (including phenoxy) is 1. The molecule has 1 aromatic carbocycles. The number of alkyl halides is 3. The van der Waals surface area contributed by atoms with Crippen LogP contribution in [0.3, 0.4) is 0 Å². The zero-order chi connectivity index (χ0) is 30.5. The predicted molar refractivity (Wildman–Crippen MR) is 153 cm³/mol. The van der Waals surface area contributed by atoms with Crippen LogP contribution in [0.1, 0.15) is 60.3 Å². The topological polar surface area (TPSA) is 128 Å². The Bertz CT molecular complexity index is 1740. The molecule has 2 aliphatic rings. The summed E-state index contributed by atoms with van der Waals surface area (Å²) < 4.78 is 47.0. The highest BCUT2D eigenvalue weighted by Crippen LogP contribution is 2.41. The second-order valence-corrected chi connectivity index (χ2v) is 10.9. The molecule has 2 saturated heterocycles. The molecule has 0 spiro atoms. The van der Waals surface area contributed by atoms with Gasteiger partial charge in [0.25, 0.3) is 5.91 Å². The van der Waals surface area contributed by atoms with Crippen LogP contribution >= 0.6 is 11.6 Å². The minimum absolute atomic E-state index is 0.0978. The SMILES string of the molecule is CCOc1cc(C(=O)Nc2cc(C(F)(F)F)ccn2)ccc1-c1nc(C2CCC3CCC(=O)N3C2)n2c(Cl)cnc(N)c12. The van der Waals surface area contributed by atoms with Gasteiger partial charge in [-0.2, -0.15) is 13.2 Å². The molecular formula is C29H27ClF3N7O3. The number of nitrogens with one attached hydrogen (secondary N) is 1. The van der Waals surface area contributed by atoms with Crippen LogP contribution in [0.15, 0.2) is 42.7 Å². The van der Waals surface area contributed by atoms with Crippen LogP contribution in [0.2, 0.25) is 5.15 Å². The van der Waals surface area contributed by atoms with Gasteiger partial charge in [0.2, 0.25) is 5.91 Å². The molecule has 2 fully saturated rings. The van der Waals surface area contributed by atoms with Gasteiger partial charge in [0.15, 0.2) is 0 Å². The molecule has 2 amide bonds. The molecule has 3 N–H and O–H groups in total. The number of carbonyl (C=O) groups excluding carboxylic acids is 2. The summed E-state index contributed by atoms with van der Waals surface area (Å²) in [6.07, 6.45) is 0.915. The number of aromatic nitrogens is 4. The molecule has 0 aliphatic carbocycles. The molecule has 4 aromatic rings. The van der Waals surface area contributed by atoms with Gasteiger partial charge in [0, 0.05) is 42.2 Å². The van der Waals surface area contributed by atoms with Crippen LogP contribution in [0.5, 0.6) is 5.75 Å².